The molecule has 0 saturated heterocycles. The molecular weight excluding hydrogens is 268 g/mol. The van der Waals surface area contributed by atoms with Crippen molar-refractivity contribution in [1.29, 1.82) is 0 Å². The fourth-order valence-corrected chi connectivity index (χ4v) is 2.03. The van der Waals surface area contributed by atoms with Gasteiger partial charge in [-0.25, -0.2) is 0 Å². The summed E-state index contributed by atoms with van der Waals surface area (Å²) in [6.07, 6.45) is 3.01. The van der Waals surface area contributed by atoms with Gasteiger partial charge < -0.3 is 10.6 Å². The van der Waals surface area contributed by atoms with Gasteiger partial charge in [-0.1, -0.05) is 31.5 Å². The van der Waals surface area contributed by atoms with E-state index in [-0.39, 0.29) is 11.9 Å². The Morgan fingerprint density at radius 2 is 1.86 bits per heavy atom. The molecule has 2 N–H and O–H groups in total. The topological polar surface area (TPSA) is 75.3 Å². The molecule has 5 heteroatoms. The lowest BCUT2D eigenvalue weighted by molar-refractivity contribution is -0.139. The quantitative estimate of drug-likeness (QED) is 0.745. The van der Waals surface area contributed by atoms with Crippen LogP contribution < -0.4 is 10.6 Å². The zero-order valence-corrected chi connectivity index (χ0v) is 12.1. The molecule has 0 aromatic heterocycles. The molecule has 1 aromatic carbocycles. The van der Waals surface area contributed by atoms with Crippen LogP contribution in [-0.2, 0) is 9.59 Å². The number of carbonyl (C=O) groups is 3. The monoisotopic (exact) mass is 288 g/mol. The van der Waals surface area contributed by atoms with E-state index in [1.165, 1.54) is 0 Å². The first-order valence-electron chi connectivity index (χ1n) is 7.32. The highest BCUT2D eigenvalue weighted by Gasteiger charge is 2.31. The number of hydrogen-bond donors (Lipinski definition) is 2. The maximum Gasteiger partial charge on any atom is 0.289 e. The van der Waals surface area contributed by atoms with E-state index in [0.29, 0.717) is 18.4 Å². The number of nitrogens with one attached hydrogen (secondary N) is 2. The number of benzene rings is 1. The molecule has 1 fully saturated rings. The fraction of sp³-hybridized carbons (Fsp3) is 0.438. The minimum atomic E-state index is -0.763. The first-order valence-corrected chi connectivity index (χ1v) is 7.32. The molecule has 21 heavy (non-hydrogen) atoms. The molecule has 112 valence electrons. The summed E-state index contributed by atoms with van der Waals surface area (Å²) in [6.45, 7) is 1.91. The Balaban J connectivity index is 1.98. The summed E-state index contributed by atoms with van der Waals surface area (Å²) in [6, 6.07) is 8.04. The second-order valence-electron chi connectivity index (χ2n) is 5.29. The lowest BCUT2D eigenvalue weighted by atomic mass is 10.1. The van der Waals surface area contributed by atoms with Gasteiger partial charge >= 0.3 is 0 Å². The van der Waals surface area contributed by atoms with Crippen molar-refractivity contribution in [2.24, 2.45) is 0 Å². The molecule has 1 aliphatic carbocycles. The molecule has 1 atom stereocenters. The highest BCUT2D eigenvalue weighted by atomic mass is 16.2. The van der Waals surface area contributed by atoms with Gasteiger partial charge in [0.1, 0.15) is 0 Å². The minimum Gasteiger partial charge on any atom is -0.347 e. The molecule has 1 saturated carbocycles. The maximum absolute atomic E-state index is 12.1. The average molecular weight is 288 g/mol. The Labute approximate surface area is 124 Å². The van der Waals surface area contributed by atoms with Gasteiger partial charge in [0.25, 0.3) is 11.8 Å². The summed E-state index contributed by atoms with van der Waals surface area (Å²) in [4.78, 5) is 36.0. The zero-order chi connectivity index (χ0) is 15.2. The summed E-state index contributed by atoms with van der Waals surface area (Å²) < 4.78 is 0. The highest BCUT2D eigenvalue weighted by molar-refractivity contribution is 6.38. The highest BCUT2D eigenvalue weighted by Crippen LogP contribution is 2.18. The largest absolute Gasteiger partial charge is 0.347 e. The Kier molecular flexibility index (Phi) is 5.09. The van der Waals surface area contributed by atoms with Crippen LogP contribution in [0.2, 0.25) is 0 Å². The summed E-state index contributed by atoms with van der Waals surface area (Å²) >= 11 is 0. The van der Waals surface area contributed by atoms with E-state index < -0.39 is 17.7 Å². The predicted octanol–water partition coefficient (Wildman–Crippen LogP) is 1.43. The summed E-state index contributed by atoms with van der Waals surface area (Å²) in [5.41, 5.74) is 0.481. The molecule has 1 aliphatic rings. The third kappa shape index (κ3) is 4.41. The van der Waals surface area contributed by atoms with E-state index in [2.05, 4.69) is 10.6 Å². The summed E-state index contributed by atoms with van der Waals surface area (Å²) in [7, 11) is 0. The van der Waals surface area contributed by atoms with Gasteiger partial charge in [-0.05, 0) is 31.4 Å². The lowest BCUT2D eigenvalue weighted by Crippen LogP contribution is -2.47. The number of Topliss-reactive ketones (excluding diaryl/α,β-unsaturated/α-hetero) is 1. The van der Waals surface area contributed by atoms with Crippen LogP contribution in [-0.4, -0.2) is 29.7 Å². The fourth-order valence-electron chi connectivity index (χ4n) is 2.03. The summed E-state index contributed by atoms with van der Waals surface area (Å²) in [5, 5.41) is 5.32. The van der Waals surface area contributed by atoms with Crippen LogP contribution in [0.3, 0.4) is 0 Å². The normalized spacial score (nSPS) is 15.1. The molecule has 2 amide bonds. The standard InChI is InChI=1S/C16H20N2O3/c1-2-6-13(14(19)16(21)17-12-9-10-12)18-15(20)11-7-4-3-5-8-11/h3-5,7-8,12-13H,2,6,9-10H2,1H3,(H,17,21)(H,18,20). The van der Waals surface area contributed by atoms with E-state index >= 15 is 0 Å². The van der Waals surface area contributed by atoms with Gasteiger partial charge in [-0.15, -0.1) is 0 Å². The van der Waals surface area contributed by atoms with Crippen LogP contribution in [0.15, 0.2) is 30.3 Å². The molecule has 2 rings (SSSR count). The third-order valence-corrected chi connectivity index (χ3v) is 3.37. The molecule has 0 heterocycles. The Bertz CT molecular complexity index is 524. The molecule has 0 radical (unpaired) electrons. The lowest BCUT2D eigenvalue weighted by Gasteiger charge is -2.16. The van der Waals surface area contributed by atoms with E-state index in [1.807, 2.05) is 13.0 Å². The molecule has 0 aliphatic heterocycles. The molecule has 1 unspecified atom stereocenters. The van der Waals surface area contributed by atoms with Crippen molar-refractivity contribution in [3.05, 3.63) is 35.9 Å². The number of carbonyl (C=O) groups excluding carboxylic acids is 3. The Morgan fingerprint density at radius 3 is 2.43 bits per heavy atom. The van der Waals surface area contributed by atoms with Gasteiger partial charge in [-0.3, -0.25) is 14.4 Å². The van der Waals surface area contributed by atoms with Gasteiger partial charge in [0, 0.05) is 11.6 Å². The Morgan fingerprint density at radius 1 is 1.19 bits per heavy atom. The van der Waals surface area contributed by atoms with Crippen molar-refractivity contribution in [3.63, 3.8) is 0 Å². The van der Waals surface area contributed by atoms with E-state index in [0.717, 1.165) is 12.8 Å². The van der Waals surface area contributed by atoms with Gasteiger partial charge in [0.2, 0.25) is 5.78 Å². The van der Waals surface area contributed by atoms with Crippen LogP contribution >= 0.6 is 0 Å². The molecular formula is C16H20N2O3. The van der Waals surface area contributed by atoms with Gasteiger partial charge in [-0.2, -0.15) is 0 Å². The smallest absolute Gasteiger partial charge is 0.289 e. The van der Waals surface area contributed by atoms with Crippen molar-refractivity contribution in [2.45, 2.75) is 44.7 Å². The first kappa shape index (κ1) is 15.2. The Hall–Kier alpha value is -2.17. The SMILES string of the molecule is CCCC(NC(=O)c1ccccc1)C(=O)C(=O)NC1CC1. The predicted molar refractivity (Wildman–Crippen MR) is 78.8 cm³/mol. The van der Waals surface area contributed by atoms with Crippen LogP contribution in [0.5, 0.6) is 0 Å². The van der Waals surface area contributed by atoms with Gasteiger partial charge in [0.05, 0.1) is 6.04 Å². The van der Waals surface area contributed by atoms with Crippen molar-refractivity contribution >= 4 is 17.6 Å². The van der Waals surface area contributed by atoms with Crippen molar-refractivity contribution in [3.8, 4) is 0 Å². The van der Waals surface area contributed by atoms with E-state index in [9.17, 15) is 14.4 Å². The second kappa shape index (κ2) is 7.02. The average Bonchev–Trinajstić information content (AvgIpc) is 3.30. The van der Waals surface area contributed by atoms with E-state index in [4.69, 9.17) is 0 Å². The van der Waals surface area contributed by atoms with Crippen molar-refractivity contribution < 1.29 is 14.4 Å². The van der Waals surface area contributed by atoms with Crippen LogP contribution in [0.25, 0.3) is 0 Å². The molecule has 0 bridgehead atoms. The first-order chi connectivity index (χ1) is 10.1. The molecule has 5 nitrogen and oxygen atoms in total. The van der Waals surface area contributed by atoms with Crippen molar-refractivity contribution in [1.82, 2.24) is 10.6 Å². The number of amides is 2. The zero-order valence-electron chi connectivity index (χ0n) is 12.1. The third-order valence-electron chi connectivity index (χ3n) is 3.37. The summed E-state index contributed by atoms with van der Waals surface area (Å²) in [5.74, 6) is -1.49. The van der Waals surface area contributed by atoms with Crippen LogP contribution in [0.1, 0.15) is 43.0 Å². The number of ketones is 1. The maximum atomic E-state index is 12.1. The molecule has 0 spiro atoms. The van der Waals surface area contributed by atoms with E-state index in [1.54, 1.807) is 24.3 Å². The van der Waals surface area contributed by atoms with Crippen LogP contribution in [0.4, 0.5) is 0 Å². The molecule has 1 aromatic rings. The minimum absolute atomic E-state index is 0.133. The number of rotatable bonds is 7. The van der Waals surface area contributed by atoms with Crippen molar-refractivity contribution in [2.75, 3.05) is 0 Å². The van der Waals surface area contributed by atoms with Crippen LogP contribution in [0, 0.1) is 0 Å². The van der Waals surface area contributed by atoms with Gasteiger partial charge in [0.15, 0.2) is 0 Å². The second-order valence-corrected chi connectivity index (χ2v) is 5.29. The number of hydrogen-bond acceptors (Lipinski definition) is 3.